The summed E-state index contributed by atoms with van der Waals surface area (Å²) in [6, 6.07) is 5.75. The summed E-state index contributed by atoms with van der Waals surface area (Å²) in [6.07, 6.45) is 8.97. The standard InChI is InChI=1S/C18H21N7O2/c1-27-18-20-7-6-14(21-18)11-23-9-2-3-15(23)12-25-17(26)5-4-16(22-25)24-10-8-19-13-24/h4-8,10,13,15H,2-3,9,11-12H2,1H3. The Hall–Kier alpha value is -3.07. The van der Waals surface area contributed by atoms with Crippen LogP contribution in [-0.4, -0.2) is 53.9 Å². The molecule has 0 radical (unpaired) electrons. The molecular formula is C18H21N7O2. The maximum Gasteiger partial charge on any atom is 0.316 e. The first kappa shape index (κ1) is 17.3. The second-order valence-corrected chi connectivity index (χ2v) is 6.48. The van der Waals surface area contributed by atoms with E-state index < -0.39 is 0 Å². The summed E-state index contributed by atoms with van der Waals surface area (Å²) in [5.41, 5.74) is 0.802. The summed E-state index contributed by atoms with van der Waals surface area (Å²) < 4.78 is 8.43. The molecule has 0 bridgehead atoms. The number of imidazole rings is 1. The van der Waals surface area contributed by atoms with E-state index in [1.807, 2.05) is 12.3 Å². The van der Waals surface area contributed by atoms with Crippen LogP contribution in [0, 0.1) is 0 Å². The van der Waals surface area contributed by atoms with Gasteiger partial charge in [-0.1, -0.05) is 0 Å². The van der Waals surface area contributed by atoms with Gasteiger partial charge in [0.1, 0.15) is 6.33 Å². The van der Waals surface area contributed by atoms with Gasteiger partial charge < -0.3 is 4.74 Å². The fourth-order valence-corrected chi connectivity index (χ4v) is 3.38. The van der Waals surface area contributed by atoms with Crippen LogP contribution in [0.1, 0.15) is 18.5 Å². The van der Waals surface area contributed by atoms with Gasteiger partial charge in [-0.15, -0.1) is 0 Å². The van der Waals surface area contributed by atoms with Crippen molar-refractivity contribution in [3.05, 3.63) is 59.2 Å². The van der Waals surface area contributed by atoms with Crippen LogP contribution < -0.4 is 10.3 Å². The zero-order valence-corrected chi connectivity index (χ0v) is 15.1. The van der Waals surface area contributed by atoms with Crippen molar-refractivity contribution in [1.29, 1.82) is 0 Å². The van der Waals surface area contributed by atoms with Crippen molar-refractivity contribution >= 4 is 0 Å². The van der Waals surface area contributed by atoms with Crippen LogP contribution in [0.15, 0.2) is 47.9 Å². The van der Waals surface area contributed by atoms with E-state index in [1.54, 1.807) is 47.2 Å². The number of aromatic nitrogens is 6. The third-order valence-corrected chi connectivity index (χ3v) is 4.74. The molecule has 3 aromatic rings. The molecular weight excluding hydrogens is 346 g/mol. The number of likely N-dealkylation sites (tertiary alicyclic amines) is 1. The van der Waals surface area contributed by atoms with E-state index >= 15 is 0 Å². The van der Waals surface area contributed by atoms with Gasteiger partial charge in [0.15, 0.2) is 5.82 Å². The summed E-state index contributed by atoms with van der Waals surface area (Å²) in [5, 5.41) is 4.50. The number of ether oxygens (including phenoxy) is 1. The van der Waals surface area contributed by atoms with Gasteiger partial charge in [0.25, 0.3) is 5.56 Å². The highest BCUT2D eigenvalue weighted by atomic mass is 16.5. The molecule has 0 N–H and O–H groups in total. The van der Waals surface area contributed by atoms with Crippen LogP contribution in [0.2, 0.25) is 0 Å². The molecule has 1 saturated heterocycles. The monoisotopic (exact) mass is 367 g/mol. The van der Waals surface area contributed by atoms with E-state index in [0.29, 0.717) is 24.9 Å². The normalized spacial score (nSPS) is 17.3. The lowest BCUT2D eigenvalue weighted by molar-refractivity contribution is 0.213. The maximum absolute atomic E-state index is 12.3. The summed E-state index contributed by atoms with van der Waals surface area (Å²) in [5.74, 6) is 0.678. The fraction of sp³-hybridized carbons (Fsp3) is 0.389. The van der Waals surface area contributed by atoms with E-state index in [1.165, 1.54) is 0 Å². The quantitative estimate of drug-likeness (QED) is 0.639. The number of hydrogen-bond donors (Lipinski definition) is 0. The van der Waals surface area contributed by atoms with Gasteiger partial charge >= 0.3 is 6.01 Å². The number of nitrogens with zero attached hydrogens (tertiary/aromatic N) is 7. The van der Waals surface area contributed by atoms with Crippen LogP contribution in [-0.2, 0) is 13.1 Å². The van der Waals surface area contributed by atoms with Crippen molar-refractivity contribution in [2.75, 3.05) is 13.7 Å². The molecule has 1 fully saturated rings. The molecule has 1 atom stereocenters. The molecule has 0 spiro atoms. The molecule has 9 nitrogen and oxygen atoms in total. The van der Waals surface area contributed by atoms with Gasteiger partial charge in [-0.25, -0.2) is 14.6 Å². The van der Waals surface area contributed by atoms with Crippen molar-refractivity contribution in [2.24, 2.45) is 0 Å². The lowest BCUT2D eigenvalue weighted by Crippen LogP contribution is -2.37. The first-order chi connectivity index (χ1) is 13.2. The van der Waals surface area contributed by atoms with Crippen molar-refractivity contribution < 1.29 is 4.74 Å². The Balaban J connectivity index is 1.51. The molecule has 1 unspecified atom stereocenters. The Labute approximate surface area is 156 Å². The summed E-state index contributed by atoms with van der Waals surface area (Å²) in [4.78, 5) is 27.1. The summed E-state index contributed by atoms with van der Waals surface area (Å²) in [6.45, 7) is 2.20. The Morgan fingerprint density at radius 3 is 3.00 bits per heavy atom. The molecule has 27 heavy (non-hydrogen) atoms. The predicted molar refractivity (Wildman–Crippen MR) is 97.6 cm³/mol. The van der Waals surface area contributed by atoms with Crippen molar-refractivity contribution in [2.45, 2.75) is 32.0 Å². The molecule has 140 valence electrons. The largest absolute Gasteiger partial charge is 0.467 e. The topological polar surface area (TPSA) is 91.0 Å². The third-order valence-electron chi connectivity index (χ3n) is 4.74. The molecule has 0 amide bonds. The van der Waals surface area contributed by atoms with Gasteiger partial charge in [0.05, 0.1) is 19.3 Å². The third kappa shape index (κ3) is 3.87. The number of hydrogen-bond acceptors (Lipinski definition) is 7. The first-order valence-electron chi connectivity index (χ1n) is 8.89. The zero-order chi connectivity index (χ0) is 18.6. The van der Waals surface area contributed by atoms with Crippen LogP contribution in [0.4, 0.5) is 0 Å². The minimum absolute atomic E-state index is 0.102. The minimum atomic E-state index is -0.102. The maximum atomic E-state index is 12.3. The Bertz CT molecular complexity index is 954. The van der Waals surface area contributed by atoms with E-state index in [9.17, 15) is 4.79 Å². The van der Waals surface area contributed by atoms with Crippen molar-refractivity contribution in [1.82, 2.24) is 34.2 Å². The van der Waals surface area contributed by atoms with E-state index in [4.69, 9.17) is 4.74 Å². The van der Waals surface area contributed by atoms with Crippen molar-refractivity contribution in [3.8, 4) is 11.8 Å². The minimum Gasteiger partial charge on any atom is -0.467 e. The van der Waals surface area contributed by atoms with Crippen LogP contribution in [0.3, 0.4) is 0 Å². The lowest BCUT2D eigenvalue weighted by atomic mass is 10.2. The molecule has 1 aliphatic heterocycles. The highest BCUT2D eigenvalue weighted by molar-refractivity contribution is 5.19. The van der Waals surface area contributed by atoms with Gasteiger partial charge in [-0.2, -0.15) is 10.1 Å². The molecule has 0 aliphatic carbocycles. The Morgan fingerprint density at radius 2 is 2.19 bits per heavy atom. The smallest absolute Gasteiger partial charge is 0.316 e. The molecule has 3 aromatic heterocycles. The second kappa shape index (κ2) is 7.67. The molecule has 1 aliphatic rings. The SMILES string of the molecule is COc1nccc(CN2CCCC2Cn2nc(-n3ccnc3)ccc2=O)n1. The van der Waals surface area contributed by atoms with Crippen LogP contribution >= 0.6 is 0 Å². The molecule has 0 aromatic carbocycles. The van der Waals surface area contributed by atoms with E-state index in [2.05, 4.69) is 25.0 Å². The average molecular weight is 367 g/mol. The zero-order valence-electron chi connectivity index (χ0n) is 15.1. The average Bonchev–Trinajstić information content (AvgIpc) is 3.36. The first-order valence-corrected chi connectivity index (χ1v) is 8.89. The summed E-state index contributed by atoms with van der Waals surface area (Å²) >= 11 is 0. The van der Waals surface area contributed by atoms with Gasteiger partial charge in [-0.3, -0.25) is 14.3 Å². The lowest BCUT2D eigenvalue weighted by Gasteiger charge is -2.24. The molecule has 0 saturated carbocycles. The molecule has 9 heteroatoms. The predicted octanol–water partition coefficient (Wildman–Crippen LogP) is 0.892. The second-order valence-electron chi connectivity index (χ2n) is 6.48. The van der Waals surface area contributed by atoms with Gasteiger partial charge in [-0.05, 0) is 31.5 Å². The van der Waals surface area contributed by atoms with Crippen molar-refractivity contribution in [3.63, 3.8) is 0 Å². The van der Waals surface area contributed by atoms with Gasteiger partial charge in [0, 0.05) is 37.2 Å². The highest BCUT2D eigenvalue weighted by Gasteiger charge is 2.26. The molecule has 4 heterocycles. The van der Waals surface area contributed by atoms with Crippen LogP contribution in [0.25, 0.3) is 5.82 Å². The van der Waals surface area contributed by atoms with E-state index in [0.717, 1.165) is 25.1 Å². The Morgan fingerprint density at radius 1 is 1.26 bits per heavy atom. The molecule has 4 rings (SSSR count). The van der Waals surface area contributed by atoms with E-state index in [-0.39, 0.29) is 11.6 Å². The fourth-order valence-electron chi connectivity index (χ4n) is 3.38. The van der Waals surface area contributed by atoms with Gasteiger partial charge in [0.2, 0.25) is 0 Å². The van der Waals surface area contributed by atoms with Crippen LogP contribution in [0.5, 0.6) is 6.01 Å². The number of rotatable bonds is 6. The Kier molecular flexibility index (Phi) is 4.93. The number of methoxy groups -OCH3 is 1. The highest BCUT2D eigenvalue weighted by Crippen LogP contribution is 2.21. The summed E-state index contributed by atoms with van der Waals surface area (Å²) in [7, 11) is 1.56.